The normalized spacial score (nSPS) is 11.7. The number of carbonyl (C=O) groups excluding carboxylic acids is 2. The number of rotatable bonds is 10. The van der Waals surface area contributed by atoms with Gasteiger partial charge in [0.1, 0.15) is 11.6 Å². The summed E-state index contributed by atoms with van der Waals surface area (Å²) >= 11 is 6.96. The lowest BCUT2D eigenvalue weighted by Crippen LogP contribution is -2.30. The van der Waals surface area contributed by atoms with Gasteiger partial charge in [-0.05, 0) is 49.7 Å². The van der Waals surface area contributed by atoms with Crippen molar-refractivity contribution in [3.05, 3.63) is 64.7 Å². The van der Waals surface area contributed by atoms with Crippen LogP contribution in [0.4, 0.5) is 10.1 Å². The second-order valence-corrected chi connectivity index (χ2v) is 8.71. The molecule has 0 saturated heterocycles. The quantitative estimate of drug-likeness (QED) is 0.400. The number of carbonyl (C=O) groups is 2. The van der Waals surface area contributed by atoms with Crippen LogP contribution in [0.25, 0.3) is 0 Å². The van der Waals surface area contributed by atoms with Gasteiger partial charge in [0, 0.05) is 12.2 Å². The number of methoxy groups -OCH3 is 1. The molecular formula is C23H25ClFN5O3S. The summed E-state index contributed by atoms with van der Waals surface area (Å²) in [5.74, 6) is 0.414. The maximum atomic E-state index is 13.3. The van der Waals surface area contributed by atoms with E-state index < -0.39 is 5.82 Å². The summed E-state index contributed by atoms with van der Waals surface area (Å²) in [7, 11) is 1.59. The first kappa shape index (κ1) is 25.5. The summed E-state index contributed by atoms with van der Waals surface area (Å²) in [6.45, 7) is 4.34. The van der Waals surface area contributed by atoms with Crippen LogP contribution in [0.1, 0.15) is 31.3 Å². The molecule has 0 aliphatic carbocycles. The standard InChI is InChI=1S/C23H25ClFN5O3S/c1-4-30-22(14(2)26-20(31)11-15-5-8-17(33-3)9-6-15)28-29-23(30)34-13-21(32)27-16-7-10-19(25)18(24)12-16/h5-10,12,14H,4,11,13H2,1-3H3,(H,26,31)(H,27,32)/t14-/m0/s1. The van der Waals surface area contributed by atoms with Crippen molar-refractivity contribution in [3.8, 4) is 5.75 Å². The largest absolute Gasteiger partial charge is 0.497 e. The van der Waals surface area contributed by atoms with Gasteiger partial charge in [-0.3, -0.25) is 9.59 Å². The van der Waals surface area contributed by atoms with Gasteiger partial charge in [-0.2, -0.15) is 0 Å². The molecule has 0 fully saturated rings. The number of nitrogens with zero attached hydrogens (tertiary/aromatic N) is 3. The van der Waals surface area contributed by atoms with Gasteiger partial charge in [-0.25, -0.2) is 4.39 Å². The fourth-order valence-corrected chi connectivity index (χ4v) is 4.20. The van der Waals surface area contributed by atoms with Crippen LogP contribution in [0.2, 0.25) is 5.02 Å². The molecule has 0 spiro atoms. The molecule has 2 N–H and O–H groups in total. The van der Waals surface area contributed by atoms with Crippen LogP contribution < -0.4 is 15.4 Å². The number of halogens is 2. The minimum absolute atomic E-state index is 0.0659. The van der Waals surface area contributed by atoms with Crippen LogP contribution in [0.3, 0.4) is 0 Å². The molecule has 0 saturated carbocycles. The second kappa shape index (κ2) is 11.8. The molecule has 1 heterocycles. The Balaban J connectivity index is 1.57. The number of nitrogens with one attached hydrogen (secondary N) is 2. The van der Waals surface area contributed by atoms with Gasteiger partial charge in [0.05, 0.1) is 30.3 Å². The molecule has 0 unspecified atom stereocenters. The minimum atomic E-state index is -0.553. The van der Waals surface area contributed by atoms with Gasteiger partial charge in [-0.15, -0.1) is 10.2 Å². The van der Waals surface area contributed by atoms with Crippen LogP contribution in [-0.2, 0) is 22.6 Å². The Morgan fingerprint density at radius 2 is 1.91 bits per heavy atom. The maximum absolute atomic E-state index is 13.3. The Labute approximate surface area is 206 Å². The molecule has 0 aliphatic heterocycles. The van der Waals surface area contributed by atoms with Crippen LogP contribution in [0, 0.1) is 5.82 Å². The summed E-state index contributed by atoms with van der Waals surface area (Å²) < 4.78 is 20.3. The third-order valence-electron chi connectivity index (χ3n) is 4.89. The Bertz CT molecular complexity index is 1160. The summed E-state index contributed by atoms with van der Waals surface area (Å²) in [6.07, 6.45) is 0.226. The zero-order valence-electron chi connectivity index (χ0n) is 19.0. The number of ether oxygens (including phenoxy) is 1. The molecule has 1 atom stereocenters. The van der Waals surface area contributed by atoms with Crippen LogP contribution in [0.5, 0.6) is 5.75 Å². The molecular weight excluding hydrogens is 481 g/mol. The van der Waals surface area contributed by atoms with Crippen molar-refractivity contribution < 1.29 is 18.7 Å². The topological polar surface area (TPSA) is 98.1 Å². The third-order valence-corrected chi connectivity index (χ3v) is 6.14. The average Bonchev–Trinajstić information content (AvgIpc) is 3.23. The van der Waals surface area contributed by atoms with E-state index in [0.717, 1.165) is 11.3 Å². The lowest BCUT2D eigenvalue weighted by molar-refractivity contribution is -0.121. The molecule has 0 radical (unpaired) electrons. The maximum Gasteiger partial charge on any atom is 0.234 e. The lowest BCUT2D eigenvalue weighted by Gasteiger charge is -2.15. The molecule has 180 valence electrons. The van der Waals surface area contributed by atoms with Crippen molar-refractivity contribution in [2.45, 2.75) is 38.0 Å². The summed E-state index contributed by atoms with van der Waals surface area (Å²) in [6, 6.07) is 10.9. The summed E-state index contributed by atoms with van der Waals surface area (Å²) in [4.78, 5) is 24.8. The molecule has 8 nitrogen and oxygen atoms in total. The molecule has 0 aliphatic rings. The van der Waals surface area contributed by atoms with Crippen LogP contribution in [-0.4, -0.2) is 39.4 Å². The fraction of sp³-hybridized carbons (Fsp3) is 0.304. The van der Waals surface area contributed by atoms with Gasteiger partial charge in [0.25, 0.3) is 0 Å². The van der Waals surface area contributed by atoms with Crippen molar-refractivity contribution in [2.75, 3.05) is 18.2 Å². The molecule has 34 heavy (non-hydrogen) atoms. The zero-order valence-corrected chi connectivity index (χ0v) is 20.5. The predicted octanol–water partition coefficient (Wildman–Crippen LogP) is 4.25. The second-order valence-electron chi connectivity index (χ2n) is 7.36. The Morgan fingerprint density at radius 3 is 2.56 bits per heavy atom. The van der Waals surface area contributed by atoms with Crippen LogP contribution >= 0.6 is 23.4 Å². The highest BCUT2D eigenvalue weighted by Crippen LogP contribution is 2.23. The van der Waals surface area contributed by atoms with E-state index in [0.29, 0.717) is 23.2 Å². The highest BCUT2D eigenvalue weighted by Gasteiger charge is 2.20. The highest BCUT2D eigenvalue weighted by atomic mass is 35.5. The van der Waals surface area contributed by atoms with Gasteiger partial charge >= 0.3 is 0 Å². The number of aromatic nitrogens is 3. The number of hydrogen-bond acceptors (Lipinski definition) is 6. The van der Waals surface area contributed by atoms with Gasteiger partial charge < -0.3 is 19.9 Å². The van der Waals surface area contributed by atoms with E-state index >= 15 is 0 Å². The van der Waals surface area contributed by atoms with Gasteiger partial charge in [0.15, 0.2) is 11.0 Å². The van der Waals surface area contributed by atoms with E-state index in [1.165, 1.54) is 30.0 Å². The monoisotopic (exact) mass is 505 g/mol. The van der Waals surface area contributed by atoms with Crippen molar-refractivity contribution >= 4 is 40.9 Å². The number of hydrogen-bond donors (Lipinski definition) is 2. The zero-order chi connectivity index (χ0) is 24.7. The van der Waals surface area contributed by atoms with E-state index in [-0.39, 0.29) is 35.1 Å². The summed E-state index contributed by atoms with van der Waals surface area (Å²) in [5, 5.41) is 14.5. The third kappa shape index (κ3) is 6.71. The molecule has 0 bridgehead atoms. The van der Waals surface area contributed by atoms with Crippen molar-refractivity contribution in [1.29, 1.82) is 0 Å². The lowest BCUT2D eigenvalue weighted by atomic mass is 10.1. The first-order valence-corrected chi connectivity index (χ1v) is 11.9. The molecule has 3 aromatic rings. The molecule has 3 rings (SSSR count). The van der Waals surface area contributed by atoms with E-state index in [9.17, 15) is 14.0 Å². The molecule has 2 aromatic carbocycles. The number of anilines is 1. The number of thioether (sulfide) groups is 1. The van der Waals surface area contributed by atoms with Crippen LogP contribution in [0.15, 0.2) is 47.6 Å². The Hall–Kier alpha value is -3.11. The summed E-state index contributed by atoms with van der Waals surface area (Å²) in [5.41, 5.74) is 1.27. The fourth-order valence-electron chi connectivity index (χ4n) is 3.21. The molecule has 2 amide bonds. The smallest absolute Gasteiger partial charge is 0.234 e. The first-order valence-electron chi connectivity index (χ1n) is 10.5. The van der Waals surface area contributed by atoms with Gasteiger partial charge in [0.2, 0.25) is 11.8 Å². The Kier molecular flexibility index (Phi) is 8.89. The van der Waals surface area contributed by atoms with Crippen molar-refractivity contribution in [3.63, 3.8) is 0 Å². The molecule has 11 heteroatoms. The SMILES string of the molecule is CCn1c(SCC(=O)Nc2ccc(F)c(Cl)c2)nnc1[C@H](C)NC(=O)Cc1ccc(OC)cc1. The molecule has 1 aromatic heterocycles. The average molecular weight is 506 g/mol. The number of amides is 2. The van der Waals surface area contributed by atoms with E-state index in [4.69, 9.17) is 16.3 Å². The minimum Gasteiger partial charge on any atom is -0.497 e. The Morgan fingerprint density at radius 1 is 1.18 bits per heavy atom. The highest BCUT2D eigenvalue weighted by molar-refractivity contribution is 7.99. The van der Waals surface area contributed by atoms with E-state index in [1.807, 2.05) is 42.7 Å². The number of benzene rings is 2. The first-order chi connectivity index (χ1) is 16.3. The van der Waals surface area contributed by atoms with E-state index in [1.54, 1.807) is 7.11 Å². The van der Waals surface area contributed by atoms with Gasteiger partial charge in [-0.1, -0.05) is 35.5 Å². The van der Waals surface area contributed by atoms with Crippen molar-refractivity contribution in [2.24, 2.45) is 0 Å². The van der Waals surface area contributed by atoms with E-state index in [2.05, 4.69) is 20.8 Å². The van der Waals surface area contributed by atoms with Crippen molar-refractivity contribution in [1.82, 2.24) is 20.1 Å². The predicted molar refractivity (Wildman–Crippen MR) is 130 cm³/mol.